The van der Waals surface area contributed by atoms with E-state index < -0.39 is 68.3 Å². The van der Waals surface area contributed by atoms with Crippen LogP contribution in [0.1, 0.15) is 0 Å². The lowest BCUT2D eigenvalue weighted by Crippen LogP contribution is -2.46. The van der Waals surface area contributed by atoms with Crippen LogP contribution in [0.5, 0.6) is 0 Å². The second-order valence-corrected chi connectivity index (χ2v) is 4.11. The summed E-state index contributed by atoms with van der Waals surface area (Å²) in [4.78, 5) is 57.3. The SMILES string of the molecule is O=[N+]([O-])[C-](CN(CCN(C[C-]([N+](=O)[O-])[N+](=O)[O-])[N+](=O)[O-])[N+](=O)[O-])[N+](=O)[O-]. The Morgan fingerprint density at radius 1 is 0.538 bits per heavy atom. The lowest BCUT2D eigenvalue weighted by molar-refractivity contribution is -0.715. The topological polar surface area (TPSA) is 265 Å². The van der Waals surface area contributed by atoms with Gasteiger partial charge in [0, 0.05) is 0 Å². The average Bonchev–Trinajstić information content (AvgIpc) is 2.47. The summed E-state index contributed by atoms with van der Waals surface area (Å²) in [6.45, 7) is -4.97. The molecule has 0 rings (SSSR count). The van der Waals surface area contributed by atoms with Crippen molar-refractivity contribution in [1.82, 2.24) is 10.0 Å². The third-order valence-electron chi connectivity index (χ3n) is 2.57. The largest absolute Gasteiger partial charge is 0.289 e. The van der Waals surface area contributed by atoms with Crippen molar-refractivity contribution in [2.24, 2.45) is 0 Å². The fourth-order valence-electron chi connectivity index (χ4n) is 1.36. The zero-order valence-corrected chi connectivity index (χ0v) is 12.3. The smallest absolute Gasteiger partial charge is 0.288 e. The van der Waals surface area contributed by atoms with E-state index in [9.17, 15) is 60.7 Å². The van der Waals surface area contributed by atoms with Gasteiger partial charge in [0.05, 0.1) is 13.1 Å². The zero-order valence-electron chi connectivity index (χ0n) is 12.3. The van der Waals surface area contributed by atoms with Crippen LogP contribution < -0.4 is 0 Å². The van der Waals surface area contributed by atoms with Crippen LogP contribution in [-0.2, 0) is 0 Å². The van der Waals surface area contributed by atoms with Crippen molar-refractivity contribution in [2.75, 3.05) is 26.2 Å². The molecule has 0 aliphatic heterocycles. The molecule has 146 valence electrons. The van der Waals surface area contributed by atoms with Gasteiger partial charge in [0.1, 0.15) is 13.1 Å². The molecule has 0 aliphatic carbocycles. The van der Waals surface area contributed by atoms with E-state index in [0.717, 1.165) is 0 Å². The maximum absolute atomic E-state index is 10.8. The summed E-state index contributed by atoms with van der Waals surface area (Å²) in [5.74, 6) is 0. The van der Waals surface area contributed by atoms with Crippen LogP contribution in [0.2, 0.25) is 0 Å². The van der Waals surface area contributed by atoms with Crippen molar-refractivity contribution in [3.05, 3.63) is 73.0 Å². The fourth-order valence-corrected chi connectivity index (χ4v) is 1.36. The molecule has 26 heavy (non-hydrogen) atoms. The van der Waals surface area contributed by atoms with Gasteiger partial charge in [0.25, 0.3) is 12.3 Å². The highest BCUT2D eigenvalue weighted by Gasteiger charge is 2.31. The Labute approximate surface area is 140 Å². The minimum atomic E-state index is -1.70. The molecule has 0 unspecified atom stereocenters. The maximum Gasteiger partial charge on any atom is 0.288 e. The van der Waals surface area contributed by atoms with E-state index >= 15 is 0 Å². The summed E-state index contributed by atoms with van der Waals surface area (Å²) in [6.07, 6.45) is -3.39. The quantitative estimate of drug-likeness (QED) is 0.190. The first-order valence-corrected chi connectivity index (χ1v) is 5.96. The Bertz CT molecular complexity index is 529. The standard InChI is InChI=1S/C6H8N8O12/c15-9(16)5(10(17)18)3-7(13(23)24)1-2-8(14(25)26)4-6(11(19)20)12(21)22/h1-4H2/q-2. The number of hydrazine groups is 2. The molecule has 0 aromatic carbocycles. The number of nitrogens with zero attached hydrogens (tertiary/aromatic N) is 8. The van der Waals surface area contributed by atoms with E-state index in [1.54, 1.807) is 0 Å². The Hall–Kier alpha value is -4.26. The molecule has 0 saturated heterocycles. The maximum atomic E-state index is 10.8. The molecule has 20 heteroatoms. The Balaban J connectivity index is 5.16. The van der Waals surface area contributed by atoms with Gasteiger partial charge in [-0.1, -0.05) is 0 Å². The minimum Gasteiger partial charge on any atom is -0.289 e. The van der Waals surface area contributed by atoms with Crippen molar-refractivity contribution in [3.63, 3.8) is 0 Å². The molecule has 0 aromatic rings. The van der Waals surface area contributed by atoms with Crippen LogP contribution in [-0.4, -0.2) is 66.0 Å². The number of hydrogen-bond acceptors (Lipinski definition) is 12. The van der Waals surface area contributed by atoms with E-state index in [1.165, 1.54) is 0 Å². The molecule has 0 atom stereocenters. The Kier molecular flexibility index (Phi) is 7.64. The van der Waals surface area contributed by atoms with Gasteiger partial charge in [0.2, 0.25) is 0 Å². The molecule has 0 heterocycles. The summed E-state index contributed by atoms with van der Waals surface area (Å²) in [6, 6.07) is 0. The van der Waals surface area contributed by atoms with Crippen LogP contribution in [0, 0.1) is 73.0 Å². The van der Waals surface area contributed by atoms with Crippen LogP contribution >= 0.6 is 0 Å². The van der Waals surface area contributed by atoms with Crippen LogP contribution in [0.4, 0.5) is 0 Å². The van der Waals surface area contributed by atoms with Gasteiger partial charge in [-0.3, -0.25) is 40.5 Å². The molecule has 20 nitrogen and oxygen atoms in total. The van der Waals surface area contributed by atoms with E-state index in [0.29, 0.717) is 0 Å². The summed E-state index contributed by atoms with van der Waals surface area (Å²) < 4.78 is 0. The summed E-state index contributed by atoms with van der Waals surface area (Å²) >= 11 is 0. The van der Waals surface area contributed by atoms with E-state index in [4.69, 9.17) is 0 Å². The number of rotatable bonds is 13. The molecular formula is C6H8N8O12-2. The predicted octanol–water partition coefficient (Wildman–Crippen LogP) is -1.94. The molecule has 0 bridgehead atoms. The zero-order chi connectivity index (χ0) is 20.6. The van der Waals surface area contributed by atoms with Crippen molar-refractivity contribution in [3.8, 4) is 0 Å². The molecule has 0 amide bonds. The van der Waals surface area contributed by atoms with Crippen LogP contribution in [0.15, 0.2) is 0 Å². The van der Waals surface area contributed by atoms with Crippen LogP contribution in [0.3, 0.4) is 0 Å². The third kappa shape index (κ3) is 6.47. The average molecular weight is 384 g/mol. The highest BCUT2D eigenvalue weighted by Crippen LogP contribution is 2.08. The van der Waals surface area contributed by atoms with Gasteiger partial charge >= 0.3 is 0 Å². The van der Waals surface area contributed by atoms with Gasteiger partial charge < -0.3 is 0 Å². The first kappa shape index (κ1) is 21.7. The Morgan fingerprint density at radius 2 is 0.769 bits per heavy atom. The van der Waals surface area contributed by atoms with Gasteiger partial charge in [-0.05, 0) is 19.7 Å². The highest BCUT2D eigenvalue weighted by atomic mass is 16.7. The van der Waals surface area contributed by atoms with Crippen LogP contribution in [0.25, 0.3) is 0 Å². The normalized spacial score (nSPS) is 9.69. The molecule has 0 N–H and O–H groups in total. The number of nitro groups is 6. The summed E-state index contributed by atoms with van der Waals surface area (Å²) in [7, 11) is 0. The minimum absolute atomic E-state index is 0.130. The van der Waals surface area contributed by atoms with Gasteiger partial charge in [-0.2, -0.15) is 0 Å². The predicted molar refractivity (Wildman–Crippen MR) is 71.6 cm³/mol. The van der Waals surface area contributed by atoms with Crippen molar-refractivity contribution < 1.29 is 29.8 Å². The first-order valence-electron chi connectivity index (χ1n) is 5.96. The Morgan fingerprint density at radius 3 is 0.923 bits per heavy atom. The molecule has 0 radical (unpaired) electrons. The van der Waals surface area contributed by atoms with Gasteiger partial charge in [-0.25, -0.2) is 20.2 Å². The van der Waals surface area contributed by atoms with E-state index in [1.807, 2.05) is 0 Å². The molecule has 0 fully saturated rings. The van der Waals surface area contributed by atoms with Crippen molar-refractivity contribution >= 4 is 0 Å². The third-order valence-corrected chi connectivity index (χ3v) is 2.57. The molecular weight excluding hydrogens is 376 g/mol. The first-order chi connectivity index (χ1) is 11.9. The summed E-state index contributed by atoms with van der Waals surface area (Å²) in [5, 5.41) is 60.4. The molecule has 0 aliphatic rings. The van der Waals surface area contributed by atoms with Gasteiger partial charge in [0.15, 0.2) is 10.1 Å². The van der Waals surface area contributed by atoms with Gasteiger partial charge in [-0.15, -0.1) is 10.0 Å². The molecule has 0 aromatic heterocycles. The molecule has 0 saturated carbocycles. The lowest BCUT2D eigenvalue weighted by Gasteiger charge is -2.22. The van der Waals surface area contributed by atoms with Crippen molar-refractivity contribution in [1.29, 1.82) is 0 Å². The second kappa shape index (κ2) is 9.14. The molecule has 0 spiro atoms. The van der Waals surface area contributed by atoms with E-state index in [2.05, 4.69) is 0 Å². The second-order valence-electron chi connectivity index (χ2n) is 4.11. The number of hydrogen-bond donors (Lipinski definition) is 0. The summed E-state index contributed by atoms with van der Waals surface area (Å²) in [5.41, 5.74) is 0. The monoisotopic (exact) mass is 384 g/mol. The lowest BCUT2D eigenvalue weighted by atomic mass is 10.4. The fraction of sp³-hybridized carbons (Fsp3) is 0.667. The van der Waals surface area contributed by atoms with Crippen molar-refractivity contribution in [2.45, 2.75) is 0 Å². The highest BCUT2D eigenvalue weighted by molar-refractivity contribution is 4.69. The van der Waals surface area contributed by atoms with E-state index in [-0.39, 0.29) is 10.0 Å².